The molecule has 0 aliphatic rings. The van der Waals surface area contributed by atoms with Crippen molar-refractivity contribution in [3.05, 3.63) is 29.8 Å². The van der Waals surface area contributed by atoms with Crippen LogP contribution < -0.4 is 4.74 Å². The summed E-state index contributed by atoms with van der Waals surface area (Å²) in [5.74, 6) is -57.5. The fourth-order valence-corrected chi connectivity index (χ4v) is 3.03. The molecule has 0 saturated heterocycles. The summed E-state index contributed by atoms with van der Waals surface area (Å²) in [4.78, 5) is 0. The molecule has 0 amide bonds. The number of rotatable bonds is 12. The van der Waals surface area contributed by atoms with Crippen molar-refractivity contribution in [3.63, 3.8) is 0 Å². The number of hydrogen-bond acceptors (Lipinski definition) is 2. The third kappa shape index (κ3) is 5.62. The molecule has 0 radical (unpaired) electrons. The Balaban J connectivity index is 3.55. The van der Waals surface area contributed by atoms with Crippen LogP contribution in [0.15, 0.2) is 24.3 Å². The smallest absolute Gasteiger partial charge is 0.460 e. The van der Waals surface area contributed by atoms with Gasteiger partial charge in [0.1, 0.15) is 5.75 Å². The fraction of sp³-hybridized carbons (Fsp3) is 0.714. The predicted octanol–water partition coefficient (Wildman–Crippen LogP) is 8.33. The molecule has 0 spiro atoms. The number of aliphatic hydroxyl groups is 1. The Hall–Kier alpha value is -2.21. The van der Waals surface area contributed by atoms with E-state index in [9.17, 15) is 79.7 Å². The van der Waals surface area contributed by atoms with Gasteiger partial charge in [-0.05, 0) is 30.5 Å². The summed E-state index contributed by atoms with van der Waals surface area (Å²) in [5, 5.41) is 10.2. The summed E-state index contributed by atoms with van der Waals surface area (Å²) in [6.07, 6.45) is -10.8. The molecule has 234 valence electrons. The number of alkyl halides is 17. The molecule has 1 unspecified atom stereocenters. The molecule has 2 nitrogen and oxygen atoms in total. The van der Waals surface area contributed by atoms with Gasteiger partial charge >= 0.3 is 47.6 Å². The summed E-state index contributed by atoms with van der Waals surface area (Å²) >= 11 is 0. The maximum absolute atomic E-state index is 14.4. The quantitative estimate of drug-likeness (QED) is 0.237. The summed E-state index contributed by atoms with van der Waals surface area (Å²) in [6, 6.07) is 3.53. The van der Waals surface area contributed by atoms with Gasteiger partial charge in [0.15, 0.2) is 0 Å². The lowest BCUT2D eigenvalue weighted by Crippen LogP contribution is -2.74. The van der Waals surface area contributed by atoms with Crippen molar-refractivity contribution in [3.8, 4) is 5.75 Å². The molecule has 0 heterocycles. The molecule has 0 saturated carbocycles. The molecule has 0 aromatic heterocycles. The Kier molecular flexibility index (Phi) is 9.18. The van der Waals surface area contributed by atoms with E-state index in [4.69, 9.17) is 4.74 Å². The molecule has 19 heteroatoms. The largest absolute Gasteiger partial charge is 0.493 e. The molecule has 40 heavy (non-hydrogen) atoms. The first kappa shape index (κ1) is 35.8. The molecular weight excluding hydrogens is 607 g/mol. The Bertz CT molecular complexity index is 1030. The third-order valence-electron chi connectivity index (χ3n) is 5.39. The minimum Gasteiger partial charge on any atom is -0.493 e. The van der Waals surface area contributed by atoms with Crippen molar-refractivity contribution in [2.75, 3.05) is 6.61 Å². The van der Waals surface area contributed by atoms with E-state index in [-0.39, 0.29) is 25.2 Å². The first-order valence-corrected chi connectivity index (χ1v) is 10.5. The average molecular weight is 626 g/mol. The van der Waals surface area contributed by atoms with Crippen LogP contribution in [-0.2, 0) is 5.60 Å². The van der Waals surface area contributed by atoms with Crippen molar-refractivity contribution in [1.29, 1.82) is 0 Å². The average Bonchev–Trinajstić information content (AvgIpc) is 2.75. The second-order valence-corrected chi connectivity index (χ2v) is 9.33. The summed E-state index contributed by atoms with van der Waals surface area (Å²) < 4.78 is 234. The SMILES string of the molecule is CC(C)COc1cccc(C(C)(O)CC(F)(F)C(F)(F)C(F)(F)C(F)(F)C(F)(F)C(F)(F)C(F)(F)C(F)(F)F)c1. The van der Waals surface area contributed by atoms with Gasteiger partial charge in [-0.3, -0.25) is 0 Å². The topological polar surface area (TPSA) is 29.5 Å². The van der Waals surface area contributed by atoms with Gasteiger partial charge in [0.2, 0.25) is 0 Å². The minimum atomic E-state index is -8.70. The summed E-state index contributed by atoms with van der Waals surface area (Å²) in [6.45, 7) is 3.49. The molecule has 1 aromatic carbocycles. The molecule has 1 rings (SSSR count). The maximum Gasteiger partial charge on any atom is 0.460 e. The molecule has 1 aromatic rings. The normalized spacial score (nSPS) is 16.8. The highest BCUT2D eigenvalue weighted by atomic mass is 19.4. The van der Waals surface area contributed by atoms with Crippen molar-refractivity contribution < 1.29 is 84.5 Å². The summed E-state index contributed by atoms with van der Waals surface area (Å²) in [5.41, 5.74) is -4.22. The second-order valence-electron chi connectivity index (χ2n) is 9.33. The number of hydrogen-bond donors (Lipinski definition) is 1. The fourth-order valence-electron chi connectivity index (χ4n) is 3.03. The lowest BCUT2D eigenvalue weighted by molar-refractivity contribution is -0.462. The molecule has 1 N–H and O–H groups in total. The van der Waals surface area contributed by atoms with E-state index in [1.807, 2.05) is 0 Å². The van der Waals surface area contributed by atoms with Crippen LogP contribution in [0.4, 0.5) is 74.6 Å². The minimum absolute atomic E-state index is 0.0344. The van der Waals surface area contributed by atoms with E-state index in [0.717, 1.165) is 18.2 Å². The highest BCUT2D eigenvalue weighted by Gasteiger charge is 2.95. The van der Waals surface area contributed by atoms with E-state index >= 15 is 0 Å². The first-order chi connectivity index (χ1) is 17.3. The van der Waals surface area contributed by atoms with E-state index in [1.54, 1.807) is 13.8 Å². The highest BCUT2D eigenvalue weighted by molar-refractivity contribution is 5.32. The zero-order valence-electron chi connectivity index (χ0n) is 20.1. The van der Waals surface area contributed by atoms with Crippen LogP contribution in [-0.4, -0.2) is 59.3 Å². The van der Waals surface area contributed by atoms with Gasteiger partial charge < -0.3 is 9.84 Å². The molecular formula is C21H19F17O2. The molecule has 0 fully saturated rings. The van der Waals surface area contributed by atoms with Gasteiger partial charge in [0.25, 0.3) is 0 Å². The van der Waals surface area contributed by atoms with Gasteiger partial charge in [-0.1, -0.05) is 26.0 Å². The van der Waals surface area contributed by atoms with Crippen LogP contribution >= 0.6 is 0 Å². The first-order valence-electron chi connectivity index (χ1n) is 10.5. The monoisotopic (exact) mass is 626 g/mol. The molecule has 0 bridgehead atoms. The molecule has 1 atom stereocenters. The standard InChI is InChI=1S/C21H19F17O2/c1-10(2)8-40-12-6-4-5-11(7-12)13(3,39)9-14(22,23)15(24,25)16(26,27)17(28,29)18(30,31)19(32,33)20(34,35)21(36,37)38/h4-7,10,39H,8-9H2,1-3H3. The van der Waals surface area contributed by atoms with E-state index in [2.05, 4.69) is 0 Å². The number of benzene rings is 1. The van der Waals surface area contributed by atoms with Gasteiger partial charge in [0, 0.05) is 0 Å². The number of ether oxygens (including phenoxy) is 1. The van der Waals surface area contributed by atoms with Crippen molar-refractivity contribution in [2.24, 2.45) is 5.92 Å². The van der Waals surface area contributed by atoms with Gasteiger partial charge in [-0.2, -0.15) is 74.6 Å². The van der Waals surface area contributed by atoms with Crippen LogP contribution in [0, 0.1) is 5.92 Å². The van der Waals surface area contributed by atoms with Gasteiger partial charge in [-0.25, -0.2) is 0 Å². The lowest BCUT2D eigenvalue weighted by Gasteiger charge is -2.43. The Labute approximate surface area is 214 Å². The van der Waals surface area contributed by atoms with Crippen LogP contribution in [0.25, 0.3) is 0 Å². The van der Waals surface area contributed by atoms with Crippen LogP contribution in [0.5, 0.6) is 5.75 Å². The maximum atomic E-state index is 14.4. The zero-order chi connectivity index (χ0) is 32.2. The number of halogens is 17. The molecule has 0 aliphatic heterocycles. The lowest BCUT2D eigenvalue weighted by atomic mass is 9.83. The van der Waals surface area contributed by atoms with Crippen LogP contribution in [0.2, 0.25) is 0 Å². The highest BCUT2D eigenvalue weighted by Crippen LogP contribution is 2.64. The van der Waals surface area contributed by atoms with Crippen molar-refractivity contribution in [1.82, 2.24) is 0 Å². The summed E-state index contributed by atoms with van der Waals surface area (Å²) in [7, 11) is 0. The van der Waals surface area contributed by atoms with Crippen molar-refractivity contribution >= 4 is 0 Å². The van der Waals surface area contributed by atoms with E-state index in [0.29, 0.717) is 6.07 Å². The predicted molar refractivity (Wildman–Crippen MR) is 102 cm³/mol. The van der Waals surface area contributed by atoms with E-state index < -0.39 is 65.2 Å². The molecule has 0 aliphatic carbocycles. The van der Waals surface area contributed by atoms with E-state index in [1.165, 1.54) is 0 Å². The second kappa shape index (κ2) is 10.3. The van der Waals surface area contributed by atoms with Gasteiger partial charge in [-0.15, -0.1) is 0 Å². The Morgan fingerprint density at radius 2 is 1.05 bits per heavy atom. The zero-order valence-corrected chi connectivity index (χ0v) is 20.1. The van der Waals surface area contributed by atoms with Crippen LogP contribution in [0.1, 0.15) is 32.8 Å². The van der Waals surface area contributed by atoms with Crippen LogP contribution in [0.3, 0.4) is 0 Å². The Morgan fingerprint density at radius 1 is 0.650 bits per heavy atom. The third-order valence-corrected chi connectivity index (χ3v) is 5.39. The van der Waals surface area contributed by atoms with Crippen molar-refractivity contribution in [2.45, 2.75) is 80.4 Å². The Morgan fingerprint density at radius 3 is 1.45 bits per heavy atom. The van der Waals surface area contributed by atoms with Gasteiger partial charge in [0.05, 0.1) is 18.6 Å².